The molecular weight excluding hydrogens is 717 g/mol. The number of benzene rings is 9. The number of nitrogens with zero attached hydrogens (tertiary/aromatic N) is 4. The van der Waals surface area contributed by atoms with Gasteiger partial charge in [-0.2, -0.15) is 0 Å². The average Bonchev–Trinajstić information content (AvgIpc) is 3.67. The van der Waals surface area contributed by atoms with Gasteiger partial charge in [-0.1, -0.05) is 170 Å². The maximum atomic E-state index is 5.36. The average molecular weight is 751 g/mol. The summed E-state index contributed by atoms with van der Waals surface area (Å²) in [6, 6.07) is 73.0. The number of hydrogen-bond donors (Lipinski definition) is 0. The molecule has 0 saturated carbocycles. The van der Waals surface area contributed by atoms with Gasteiger partial charge < -0.3 is 4.57 Å². The Hall–Kier alpha value is -7.95. The second kappa shape index (κ2) is 13.3. The number of fused-ring (bicyclic) bond motifs is 11. The molecule has 0 fully saturated rings. The van der Waals surface area contributed by atoms with Gasteiger partial charge in [-0.15, -0.1) is 0 Å². The molecule has 0 atom stereocenters. The van der Waals surface area contributed by atoms with Gasteiger partial charge in [0.05, 0.1) is 33.6 Å². The van der Waals surface area contributed by atoms with Crippen molar-refractivity contribution in [3.05, 3.63) is 206 Å². The highest BCUT2D eigenvalue weighted by atomic mass is 15.0. The van der Waals surface area contributed by atoms with Gasteiger partial charge in [0.25, 0.3) is 0 Å². The van der Waals surface area contributed by atoms with Crippen molar-refractivity contribution in [3.63, 3.8) is 0 Å². The van der Waals surface area contributed by atoms with E-state index in [0.717, 1.165) is 72.3 Å². The molecule has 59 heavy (non-hydrogen) atoms. The van der Waals surface area contributed by atoms with Crippen LogP contribution in [0.5, 0.6) is 0 Å². The lowest BCUT2D eigenvalue weighted by Gasteiger charge is -2.13. The molecule has 0 radical (unpaired) electrons. The van der Waals surface area contributed by atoms with Crippen LogP contribution >= 0.6 is 0 Å². The maximum Gasteiger partial charge on any atom is 0.160 e. The zero-order valence-corrected chi connectivity index (χ0v) is 31.9. The van der Waals surface area contributed by atoms with E-state index in [1.165, 1.54) is 37.7 Å². The van der Waals surface area contributed by atoms with Crippen molar-refractivity contribution in [1.29, 1.82) is 0 Å². The smallest absolute Gasteiger partial charge is 0.160 e. The number of hydrogen-bond acceptors (Lipinski definition) is 3. The van der Waals surface area contributed by atoms with Gasteiger partial charge in [0.2, 0.25) is 0 Å². The summed E-state index contributed by atoms with van der Waals surface area (Å²) in [5.41, 5.74) is 11.2. The van der Waals surface area contributed by atoms with Crippen molar-refractivity contribution >= 4 is 65.0 Å². The van der Waals surface area contributed by atoms with Crippen molar-refractivity contribution in [2.75, 3.05) is 0 Å². The number of para-hydroxylation sites is 3. The first-order valence-corrected chi connectivity index (χ1v) is 20.0. The van der Waals surface area contributed by atoms with Crippen molar-refractivity contribution in [2.45, 2.75) is 0 Å². The summed E-state index contributed by atoms with van der Waals surface area (Å²) in [6.45, 7) is 0. The zero-order valence-electron chi connectivity index (χ0n) is 31.9. The molecule has 0 amide bonds. The van der Waals surface area contributed by atoms with E-state index in [9.17, 15) is 0 Å². The quantitative estimate of drug-likeness (QED) is 0.165. The predicted molar refractivity (Wildman–Crippen MR) is 246 cm³/mol. The summed E-state index contributed by atoms with van der Waals surface area (Å²) in [7, 11) is 0. The van der Waals surface area contributed by atoms with Crippen molar-refractivity contribution < 1.29 is 0 Å². The molecule has 0 unspecified atom stereocenters. The minimum Gasteiger partial charge on any atom is -0.308 e. The largest absolute Gasteiger partial charge is 0.308 e. The van der Waals surface area contributed by atoms with Gasteiger partial charge >= 0.3 is 0 Å². The molecule has 12 rings (SSSR count). The van der Waals surface area contributed by atoms with E-state index in [-0.39, 0.29) is 0 Å². The van der Waals surface area contributed by atoms with Gasteiger partial charge in [0, 0.05) is 44.1 Å². The van der Waals surface area contributed by atoms with Crippen LogP contribution in [0.4, 0.5) is 0 Å². The molecule has 0 aliphatic rings. The minimum atomic E-state index is 0.675. The van der Waals surface area contributed by atoms with Gasteiger partial charge in [-0.25, -0.2) is 15.0 Å². The highest BCUT2D eigenvalue weighted by Crippen LogP contribution is 2.42. The highest BCUT2D eigenvalue weighted by Gasteiger charge is 2.21. The van der Waals surface area contributed by atoms with E-state index in [1.807, 2.05) is 6.07 Å². The lowest BCUT2D eigenvalue weighted by atomic mass is 9.92. The SMILES string of the molecule is c1ccc(-c2cc(-c3ccc4c5ccccc5c5ccccc5c4c3)nc(-c3ccc(-c4nc5ccccc5c5c4c4ccccc4n5-c4ccccc4)cc3)n2)cc1. The van der Waals surface area contributed by atoms with Crippen LogP contribution in [0.1, 0.15) is 0 Å². The van der Waals surface area contributed by atoms with Crippen LogP contribution in [-0.4, -0.2) is 19.5 Å². The van der Waals surface area contributed by atoms with E-state index < -0.39 is 0 Å². The van der Waals surface area contributed by atoms with Crippen LogP contribution in [0.25, 0.3) is 116 Å². The molecule has 0 N–H and O–H groups in total. The lowest BCUT2D eigenvalue weighted by Crippen LogP contribution is -1.97. The molecule has 0 aliphatic carbocycles. The van der Waals surface area contributed by atoms with E-state index in [1.54, 1.807) is 0 Å². The van der Waals surface area contributed by atoms with Crippen LogP contribution in [0, 0.1) is 0 Å². The summed E-state index contributed by atoms with van der Waals surface area (Å²) in [6.07, 6.45) is 0. The second-order valence-electron chi connectivity index (χ2n) is 15.1. The van der Waals surface area contributed by atoms with Crippen molar-refractivity contribution in [1.82, 2.24) is 19.5 Å². The second-order valence-corrected chi connectivity index (χ2v) is 15.1. The molecule has 3 aromatic heterocycles. The fraction of sp³-hybridized carbons (Fsp3) is 0. The van der Waals surface area contributed by atoms with Crippen molar-refractivity contribution in [2.24, 2.45) is 0 Å². The number of aromatic nitrogens is 4. The molecule has 4 heteroatoms. The van der Waals surface area contributed by atoms with Crippen LogP contribution in [0.3, 0.4) is 0 Å². The van der Waals surface area contributed by atoms with Gasteiger partial charge in [0.1, 0.15) is 0 Å². The third kappa shape index (κ3) is 5.34. The van der Waals surface area contributed by atoms with E-state index in [4.69, 9.17) is 15.0 Å². The summed E-state index contributed by atoms with van der Waals surface area (Å²) in [5, 5.41) is 10.9. The topological polar surface area (TPSA) is 43.6 Å². The normalized spacial score (nSPS) is 11.7. The molecule has 4 nitrogen and oxygen atoms in total. The third-order valence-corrected chi connectivity index (χ3v) is 11.8. The van der Waals surface area contributed by atoms with E-state index >= 15 is 0 Å². The van der Waals surface area contributed by atoms with Crippen LogP contribution in [0.2, 0.25) is 0 Å². The molecule has 12 aromatic rings. The molecule has 0 saturated heterocycles. The standard InChI is InChI=1S/C55H34N4/c1-3-15-35(16-4-1)49-34-50(38-31-32-44-42-21-8-7-19-40(42)41-20-9-10-22-43(41)47(44)33-38)58-55(57-49)37-29-27-36(28-30-37)53-52-46-24-12-14-26-51(46)59(39-17-5-2-6-18-39)54(52)45-23-11-13-25-48(45)56-53/h1-34H. The monoisotopic (exact) mass is 750 g/mol. The Bertz CT molecular complexity index is 3550. The first kappa shape index (κ1) is 33.2. The fourth-order valence-electron chi connectivity index (χ4n) is 9.06. The summed E-state index contributed by atoms with van der Waals surface area (Å²) >= 11 is 0. The van der Waals surface area contributed by atoms with Gasteiger partial charge in [-0.3, -0.25) is 0 Å². The molecule has 0 spiro atoms. The van der Waals surface area contributed by atoms with Gasteiger partial charge in [-0.05, 0) is 68.7 Å². The number of pyridine rings is 1. The lowest BCUT2D eigenvalue weighted by molar-refractivity contribution is 1.18. The molecule has 9 aromatic carbocycles. The minimum absolute atomic E-state index is 0.675. The summed E-state index contributed by atoms with van der Waals surface area (Å²) < 4.78 is 2.38. The van der Waals surface area contributed by atoms with Gasteiger partial charge in [0.15, 0.2) is 5.82 Å². The van der Waals surface area contributed by atoms with Crippen LogP contribution in [-0.2, 0) is 0 Å². The first-order valence-electron chi connectivity index (χ1n) is 20.0. The molecule has 274 valence electrons. The Kier molecular flexibility index (Phi) is 7.50. The third-order valence-electron chi connectivity index (χ3n) is 11.8. The van der Waals surface area contributed by atoms with E-state index in [0.29, 0.717) is 5.82 Å². The Morgan fingerprint density at radius 2 is 0.831 bits per heavy atom. The first-order chi connectivity index (χ1) is 29.3. The number of rotatable bonds is 5. The van der Waals surface area contributed by atoms with Crippen LogP contribution < -0.4 is 0 Å². The molecule has 3 heterocycles. The molecule has 0 bridgehead atoms. The zero-order chi connectivity index (χ0) is 38.9. The predicted octanol–water partition coefficient (Wildman–Crippen LogP) is 14.2. The van der Waals surface area contributed by atoms with Crippen molar-refractivity contribution in [3.8, 4) is 50.8 Å². The van der Waals surface area contributed by atoms with Crippen LogP contribution in [0.15, 0.2) is 206 Å². The highest BCUT2D eigenvalue weighted by molar-refractivity contribution is 6.26. The maximum absolute atomic E-state index is 5.36. The fourth-order valence-corrected chi connectivity index (χ4v) is 9.06. The summed E-state index contributed by atoms with van der Waals surface area (Å²) in [5.74, 6) is 0.675. The Balaban J connectivity index is 1.04. The molecular formula is C55H34N4. The van der Waals surface area contributed by atoms with E-state index in [2.05, 4.69) is 205 Å². The summed E-state index contributed by atoms with van der Waals surface area (Å²) in [4.78, 5) is 15.8. The Labute approximate surface area is 340 Å². The molecule has 0 aliphatic heterocycles. The Morgan fingerprint density at radius 3 is 1.53 bits per heavy atom. The Morgan fingerprint density at radius 1 is 0.322 bits per heavy atom.